The molecule has 0 saturated heterocycles. The Morgan fingerprint density at radius 3 is 2.80 bits per heavy atom. The third kappa shape index (κ3) is 2.71. The summed E-state index contributed by atoms with van der Waals surface area (Å²) in [6.07, 6.45) is 2.43. The van der Waals surface area contributed by atoms with E-state index < -0.39 is 23.2 Å². The SMILES string of the molecule is CCn1cc(NC(=O)c2ccnc(F)c2F)ccc1=O. The second-order valence-corrected chi connectivity index (χ2v) is 3.96. The summed E-state index contributed by atoms with van der Waals surface area (Å²) in [6, 6.07) is 3.74. The zero-order valence-corrected chi connectivity index (χ0v) is 10.6. The Bertz CT molecular complexity index is 713. The molecule has 0 aliphatic heterocycles. The van der Waals surface area contributed by atoms with Gasteiger partial charge in [0, 0.05) is 25.0 Å². The van der Waals surface area contributed by atoms with Crippen molar-refractivity contribution in [2.75, 3.05) is 5.32 Å². The molecule has 0 aliphatic carbocycles. The van der Waals surface area contributed by atoms with Gasteiger partial charge in [0.2, 0.25) is 5.95 Å². The summed E-state index contributed by atoms with van der Waals surface area (Å²) in [5.74, 6) is -3.46. The third-order valence-corrected chi connectivity index (χ3v) is 2.67. The van der Waals surface area contributed by atoms with Crippen LogP contribution < -0.4 is 10.9 Å². The fourth-order valence-corrected chi connectivity index (χ4v) is 1.64. The first-order valence-electron chi connectivity index (χ1n) is 5.84. The number of nitrogens with zero attached hydrogens (tertiary/aromatic N) is 2. The van der Waals surface area contributed by atoms with Crippen LogP contribution >= 0.6 is 0 Å². The number of pyridine rings is 2. The number of anilines is 1. The maximum atomic E-state index is 13.4. The minimum absolute atomic E-state index is 0.216. The van der Waals surface area contributed by atoms with Gasteiger partial charge in [-0.15, -0.1) is 0 Å². The maximum absolute atomic E-state index is 13.4. The molecule has 2 aromatic rings. The van der Waals surface area contributed by atoms with Gasteiger partial charge in [-0.3, -0.25) is 9.59 Å². The Balaban J connectivity index is 2.28. The maximum Gasteiger partial charge on any atom is 0.258 e. The Morgan fingerprint density at radius 2 is 2.10 bits per heavy atom. The molecular formula is C13H11F2N3O2. The van der Waals surface area contributed by atoms with E-state index in [2.05, 4.69) is 10.3 Å². The smallest absolute Gasteiger partial charge is 0.258 e. The van der Waals surface area contributed by atoms with Crippen molar-refractivity contribution in [1.82, 2.24) is 9.55 Å². The zero-order chi connectivity index (χ0) is 14.7. The largest absolute Gasteiger partial charge is 0.321 e. The van der Waals surface area contributed by atoms with Gasteiger partial charge < -0.3 is 9.88 Å². The van der Waals surface area contributed by atoms with Crippen LogP contribution in [0.1, 0.15) is 17.3 Å². The van der Waals surface area contributed by atoms with E-state index in [1.54, 1.807) is 6.92 Å². The number of amides is 1. The summed E-state index contributed by atoms with van der Waals surface area (Å²) in [7, 11) is 0. The molecule has 0 unspecified atom stereocenters. The first-order valence-corrected chi connectivity index (χ1v) is 5.84. The van der Waals surface area contributed by atoms with Gasteiger partial charge in [-0.2, -0.15) is 4.39 Å². The summed E-state index contributed by atoms with van der Waals surface area (Å²) in [6.45, 7) is 2.20. The number of aromatic nitrogens is 2. The van der Waals surface area contributed by atoms with E-state index in [-0.39, 0.29) is 5.56 Å². The average Bonchev–Trinajstić information content (AvgIpc) is 2.43. The minimum Gasteiger partial charge on any atom is -0.321 e. The molecule has 2 rings (SSSR count). The quantitative estimate of drug-likeness (QED) is 0.871. The van der Waals surface area contributed by atoms with Gasteiger partial charge in [-0.1, -0.05) is 0 Å². The van der Waals surface area contributed by atoms with Crippen molar-refractivity contribution in [3.8, 4) is 0 Å². The van der Waals surface area contributed by atoms with Crippen molar-refractivity contribution < 1.29 is 13.6 Å². The molecule has 0 fully saturated rings. The fraction of sp³-hybridized carbons (Fsp3) is 0.154. The van der Waals surface area contributed by atoms with Gasteiger partial charge in [0.1, 0.15) is 0 Å². The molecule has 0 aromatic carbocycles. The molecule has 7 heteroatoms. The molecule has 1 N–H and O–H groups in total. The van der Waals surface area contributed by atoms with Crippen LogP contribution in [0, 0.1) is 11.8 Å². The van der Waals surface area contributed by atoms with Crippen LogP contribution in [-0.4, -0.2) is 15.5 Å². The summed E-state index contributed by atoms with van der Waals surface area (Å²) in [5.41, 5.74) is -0.355. The molecule has 0 atom stereocenters. The molecule has 20 heavy (non-hydrogen) atoms. The molecule has 0 radical (unpaired) electrons. The van der Waals surface area contributed by atoms with Gasteiger partial charge in [0.25, 0.3) is 11.5 Å². The molecule has 5 nitrogen and oxygen atoms in total. The number of carbonyl (C=O) groups excluding carboxylic acids is 1. The lowest BCUT2D eigenvalue weighted by Gasteiger charge is -2.08. The number of aryl methyl sites for hydroxylation is 1. The Labute approximate surface area is 112 Å². The predicted octanol–water partition coefficient (Wildman–Crippen LogP) is 1.79. The molecule has 2 aromatic heterocycles. The van der Waals surface area contributed by atoms with Crippen molar-refractivity contribution in [2.24, 2.45) is 0 Å². The van der Waals surface area contributed by atoms with Crippen molar-refractivity contribution in [2.45, 2.75) is 13.5 Å². The fourth-order valence-electron chi connectivity index (χ4n) is 1.64. The monoisotopic (exact) mass is 279 g/mol. The highest BCUT2D eigenvalue weighted by molar-refractivity contribution is 6.04. The van der Waals surface area contributed by atoms with Crippen molar-refractivity contribution in [3.05, 3.63) is 58.3 Å². The second kappa shape index (κ2) is 5.60. The van der Waals surface area contributed by atoms with Crippen molar-refractivity contribution in [1.29, 1.82) is 0 Å². The molecule has 0 spiro atoms. The van der Waals surface area contributed by atoms with Gasteiger partial charge >= 0.3 is 0 Å². The topological polar surface area (TPSA) is 64.0 Å². The number of rotatable bonds is 3. The molecule has 104 valence electrons. The first-order chi connectivity index (χ1) is 9.52. The summed E-state index contributed by atoms with van der Waals surface area (Å²) in [5, 5.41) is 2.40. The highest BCUT2D eigenvalue weighted by atomic mass is 19.2. The number of hydrogen-bond donors (Lipinski definition) is 1. The van der Waals surface area contributed by atoms with Crippen LogP contribution in [0.4, 0.5) is 14.5 Å². The van der Waals surface area contributed by atoms with Gasteiger partial charge in [-0.05, 0) is 19.1 Å². The van der Waals surface area contributed by atoms with E-state index >= 15 is 0 Å². The minimum atomic E-state index is -1.34. The van der Waals surface area contributed by atoms with E-state index in [9.17, 15) is 18.4 Å². The van der Waals surface area contributed by atoms with Crippen molar-refractivity contribution in [3.63, 3.8) is 0 Å². The second-order valence-electron chi connectivity index (χ2n) is 3.96. The number of carbonyl (C=O) groups is 1. The van der Waals surface area contributed by atoms with Crippen LogP contribution in [0.5, 0.6) is 0 Å². The van der Waals surface area contributed by atoms with Crippen LogP contribution in [0.15, 0.2) is 35.4 Å². The normalized spacial score (nSPS) is 10.3. The lowest BCUT2D eigenvalue weighted by Crippen LogP contribution is -2.20. The summed E-state index contributed by atoms with van der Waals surface area (Å²) >= 11 is 0. The predicted molar refractivity (Wildman–Crippen MR) is 68.5 cm³/mol. The lowest BCUT2D eigenvalue weighted by atomic mass is 10.2. The summed E-state index contributed by atoms with van der Waals surface area (Å²) in [4.78, 5) is 26.3. The van der Waals surface area contributed by atoms with E-state index in [1.807, 2.05) is 0 Å². The van der Waals surface area contributed by atoms with E-state index in [0.717, 1.165) is 12.3 Å². The number of halogens is 2. The zero-order valence-electron chi connectivity index (χ0n) is 10.6. The average molecular weight is 279 g/mol. The number of nitrogens with one attached hydrogen (secondary N) is 1. The Morgan fingerprint density at radius 1 is 1.35 bits per heavy atom. The molecule has 0 aliphatic rings. The van der Waals surface area contributed by atoms with E-state index in [1.165, 1.54) is 22.9 Å². The molecule has 0 bridgehead atoms. The van der Waals surface area contributed by atoms with Crippen molar-refractivity contribution >= 4 is 11.6 Å². The molecular weight excluding hydrogens is 268 g/mol. The summed E-state index contributed by atoms with van der Waals surface area (Å²) < 4.78 is 27.7. The highest BCUT2D eigenvalue weighted by Gasteiger charge is 2.16. The Kier molecular flexibility index (Phi) is 3.88. The van der Waals surface area contributed by atoms with Crippen LogP contribution in [0.2, 0.25) is 0 Å². The van der Waals surface area contributed by atoms with E-state index in [0.29, 0.717) is 12.2 Å². The van der Waals surface area contributed by atoms with Gasteiger partial charge in [0.15, 0.2) is 5.82 Å². The number of hydrogen-bond acceptors (Lipinski definition) is 3. The molecule has 0 saturated carbocycles. The Hall–Kier alpha value is -2.57. The van der Waals surface area contributed by atoms with Crippen LogP contribution in [0.3, 0.4) is 0 Å². The van der Waals surface area contributed by atoms with Gasteiger partial charge in [0.05, 0.1) is 11.3 Å². The van der Waals surface area contributed by atoms with E-state index in [4.69, 9.17) is 0 Å². The van der Waals surface area contributed by atoms with Crippen LogP contribution in [-0.2, 0) is 6.54 Å². The van der Waals surface area contributed by atoms with Gasteiger partial charge in [-0.25, -0.2) is 9.37 Å². The third-order valence-electron chi connectivity index (χ3n) is 2.67. The standard InChI is InChI=1S/C13H11F2N3O2/c1-2-18-7-8(3-4-10(18)19)17-13(20)9-5-6-16-12(15)11(9)14/h3-7H,2H2,1H3,(H,17,20). The van der Waals surface area contributed by atoms with Crippen LogP contribution in [0.25, 0.3) is 0 Å². The molecule has 2 heterocycles. The first kappa shape index (κ1) is 13.9. The highest BCUT2D eigenvalue weighted by Crippen LogP contribution is 2.12. The molecule has 1 amide bonds. The lowest BCUT2D eigenvalue weighted by molar-refractivity contribution is 0.102.